The van der Waals surface area contributed by atoms with Gasteiger partial charge in [0.15, 0.2) is 0 Å². The Bertz CT molecular complexity index is 119. The fraction of sp³-hybridized carbons (Fsp3) is 0. The molecule has 0 aromatic carbocycles. The van der Waals surface area contributed by atoms with Gasteiger partial charge in [-0.3, -0.25) is 4.57 Å². The van der Waals surface area contributed by atoms with Crippen LogP contribution in [0.5, 0.6) is 0 Å². The van der Waals surface area contributed by atoms with Gasteiger partial charge in [0.05, 0.1) is 0 Å². The predicted molar refractivity (Wildman–Crippen MR) is 23.4 cm³/mol. The zero-order valence-corrected chi connectivity index (χ0v) is 8.70. The number of nitrogens with zero attached hydrogens (tertiary/aromatic N) is 1. The van der Waals surface area contributed by atoms with Gasteiger partial charge in [-0.15, -0.1) is 0 Å². The van der Waals surface area contributed by atoms with Crippen LogP contribution < -0.4 is 56.3 Å². The number of nitriles is 1. The zero-order chi connectivity index (χ0) is 7.21. The maximum absolute atomic E-state index is 8.77. The number of hydrogen-bond donors (Lipinski definition) is 2. The first kappa shape index (κ1) is 16.7. The summed E-state index contributed by atoms with van der Waals surface area (Å²) in [7, 11) is -0.736. The van der Waals surface area contributed by atoms with Gasteiger partial charge in [-0.05, 0) is 5.97 Å². The molecule has 0 spiro atoms. The van der Waals surface area contributed by atoms with Crippen LogP contribution >= 0.6 is 7.82 Å². The molecule has 44 valence electrons. The van der Waals surface area contributed by atoms with Gasteiger partial charge >= 0.3 is 51.4 Å². The Kier molecular flexibility index (Phi) is 17.3. The van der Waals surface area contributed by atoms with Crippen LogP contribution in [0.2, 0.25) is 0 Å². The Balaban J connectivity index is -0.0000000800. The Morgan fingerprint density at radius 3 is 1.67 bits per heavy atom. The minimum absolute atomic E-state index is 0. The monoisotopic (exact) mass is 173 g/mol. The smallest absolute Gasteiger partial charge is 0.756 e. The molecule has 8 heteroatoms. The minimum atomic E-state index is -4.89. The van der Waals surface area contributed by atoms with Crippen LogP contribution in [0.3, 0.4) is 0 Å². The Hall–Kier alpha value is 1.30. The average molecular weight is 173 g/mol. The number of rotatable bonds is 0. The van der Waals surface area contributed by atoms with Crippen molar-refractivity contribution in [2.75, 3.05) is 0 Å². The van der Waals surface area contributed by atoms with E-state index in [1.807, 2.05) is 0 Å². The van der Waals surface area contributed by atoms with E-state index < -0.39 is 7.82 Å². The zero-order valence-electron chi connectivity index (χ0n) is 4.68. The maximum atomic E-state index is 8.77. The van der Waals surface area contributed by atoms with Crippen LogP contribution in [0.4, 0.5) is 0 Å². The molecular weight excluding hydrogens is 171 g/mol. The summed E-state index contributed by atoms with van der Waals surface area (Å²) in [5.41, 5.74) is 0. The van der Waals surface area contributed by atoms with Gasteiger partial charge in [0, 0.05) is 0 Å². The van der Waals surface area contributed by atoms with Crippen LogP contribution in [0.15, 0.2) is 0 Å². The van der Waals surface area contributed by atoms with Crippen molar-refractivity contribution in [3.8, 4) is 5.97 Å². The first-order valence-electron chi connectivity index (χ1n) is 1.28. The van der Waals surface area contributed by atoms with Crippen LogP contribution in [-0.2, 0) is 4.57 Å². The van der Waals surface area contributed by atoms with E-state index in [1.165, 1.54) is 5.97 Å². The Morgan fingerprint density at radius 2 is 1.67 bits per heavy atom. The molecule has 0 saturated carbocycles. The predicted octanol–water partition coefficient (Wildman–Crippen LogP) is -4.92. The molecule has 0 aliphatic heterocycles. The third-order valence-corrected chi connectivity index (χ3v) is 0. The molecule has 0 aliphatic rings. The largest absolute Gasteiger partial charge is 1.00 e. The molecular formula is CH2BKNO4P. The first-order chi connectivity index (χ1) is 3.41. The number of hydrogen-bond acceptors (Lipinski definition) is 3. The minimum Gasteiger partial charge on any atom is -0.756 e. The summed E-state index contributed by atoms with van der Waals surface area (Å²) >= 11 is 0. The van der Waals surface area contributed by atoms with E-state index >= 15 is 0 Å². The molecule has 0 rings (SSSR count). The molecule has 0 aromatic heterocycles. The summed E-state index contributed by atoms with van der Waals surface area (Å²) in [4.78, 5) is 22.9. The molecule has 5 nitrogen and oxygen atoms in total. The maximum Gasteiger partial charge on any atom is 1.00 e. The van der Waals surface area contributed by atoms with Crippen molar-refractivity contribution in [2.45, 2.75) is 0 Å². The van der Waals surface area contributed by atoms with Gasteiger partial charge in [0.1, 0.15) is 0 Å². The van der Waals surface area contributed by atoms with Gasteiger partial charge in [-0.1, -0.05) is 0 Å². The van der Waals surface area contributed by atoms with E-state index in [0.717, 1.165) is 0 Å². The summed E-state index contributed by atoms with van der Waals surface area (Å²) in [5, 5.41) is 7.10. The molecule has 0 saturated heterocycles. The average Bonchev–Trinajstić information content (AvgIpc) is 1.27. The Morgan fingerprint density at radius 1 is 1.67 bits per heavy atom. The van der Waals surface area contributed by atoms with Gasteiger partial charge in [-0.25, -0.2) is 5.26 Å². The van der Waals surface area contributed by atoms with E-state index in [4.69, 9.17) is 24.5 Å². The van der Waals surface area contributed by atoms with Crippen LogP contribution in [0.1, 0.15) is 0 Å². The van der Waals surface area contributed by atoms with Crippen LogP contribution in [0, 0.1) is 11.2 Å². The molecule has 0 bridgehead atoms. The third kappa shape index (κ3) is 293. The van der Waals surface area contributed by atoms with E-state index in [0.29, 0.717) is 0 Å². The van der Waals surface area contributed by atoms with Crippen molar-refractivity contribution < 1.29 is 70.6 Å². The molecule has 0 heterocycles. The second kappa shape index (κ2) is 9.30. The van der Waals surface area contributed by atoms with Crippen molar-refractivity contribution >= 4 is 15.7 Å². The molecule has 2 N–H and O–H groups in total. The summed E-state index contributed by atoms with van der Waals surface area (Å²) < 4.78 is 8.77. The SMILES string of the molecule is O=P([O-])(O)O.[B]C#N.[K+]. The van der Waals surface area contributed by atoms with Gasteiger partial charge in [0.2, 0.25) is 7.85 Å². The van der Waals surface area contributed by atoms with Crippen molar-refractivity contribution in [1.82, 2.24) is 0 Å². The second-order valence-corrected chi connectivity index (χ2v) is 1.60. The fourth-order valence-corrected chi connectivity index (χ4v) is 0. The topological polar surface area (TPSA) is 104 Å². The third-order valence-electron chi connectivity index (χ3n) is 0. The quantitative estimate of drug-likeness (QED) is 0.282. The molecule has 0 fully saturated rings. The van der Waals surface area contributed by atoms with E-state index in [-0.39, 0.29) is 51.4 Å². The molecule has 0 atom stereocenters. The Labute approximate surface area is 96.1 Å². The van der Waals surface area contributed by atoms with E-state index in [1.54, 1.807) is 0 Å². The first-order valence-corrected chi connectivity index (χ1v) is 2.81. The van der Waals surface area contributed by atoms with Crippen molar-refractivity contribution in [2.24, 2.45) is 0 Å². The summed E-state index contributed by atoms with van der Waals surface area (Å²) in [6.07, 6.45) is 0. The standard InChI is InChI=1S/CBN.K.H3O4P/c2-1-3;;1-5(2,3)4/h;;(H3,1,2,3,4)/q;+1;/p-1. The second-order valence-electron chi connectivity index (χ2n) is 0.620. The summed E-state index contributed by atoms with van der Waals surface area (Å²) in [6.45, 7) is 0. The molecule has 2 radical (unpaired) electrons. The van der Waals surface area contributed by atoms with E-state index in [9.17, 15) is 0 Å². The van der Waals surface area contributed by atoms with Crippen LogP contribution in [0.25, 0.3) is 0 Å². The van der Waals surface area contributed by atoms with Gasteiger partial charge in [0.25, 0.3) is 7.82 Å². The molecule has 0 aliphatic carbocycles. The molecule has 0 amide bonds. The molecule has 0 unspecified atom stereocenters. The van der Waals surface area contributed by atoms with Crippen molar-refractivity contribution in [1.29, 1.82) is 5.26 Å². The van der Waals surface area contributed by atoms with Crippen molar-refractivity contribution in [3.63, 3.8) is 0 Å². The van der Waals surface area contributed by atoms with Gasteiger partial charge in [-0.2, -0.15) is 0 Å². The van der Waals surface area contributed by atoms with Gasteiger partial charge < -0.3 is 14.7 Å². The molecule has 0 aromatic rings. The summed E-state index contributed by atoms with van der Waals surface area (Å²) in [6, 6.07) is 0. The van der Waals surface area contributed by atoms with Crippen LogP contribution in [-0.4, -0.2) is 17.6 Å². The fourth-order valence-electron chi connectivity index (χ4n) is 0. The number of phosphoric acid groups is 1. The van der Waals surface area contributed by atoms with Crippen molar-refractivity contribution in [3.05, 3.63) is 0 Å². The summed E-state index contributed by atoms with van der Waals surface area (Å²) in [5.74, 6) is 1.25. The molecule has 9 heavy (non-hydrogen) atoms. The van der Waals surface area contributed by atoms with E-state index in [2.05, 4.69) is 7.85 Å². The normalized spacial score (nSPS) is 7.33.